The smallest absolute Gasteiger partial charge is 0.162 e. The highest BCUT2D eigenvalue weighted by Gasteiger charge is 2.11. The average molecular weight is 414 g/mol. The fraction of sp³-hybridized carbons (Fsp3) is 0.0833. The minimum Gasteiger partial charge on any atom is -0.493 e. The number of fused-ring (bicyclic) bond motifs is 1. The summed E-state index contributed by atoms with van der Waals surface area (Å²) in [6.07, 6.45) is 1.66. The molecule has 0 amide bonds. The molecule has 148 valence electrons. The number of hydrogen-bond donors (Lipinski definition) is 1. The molecule has 0 saturated carbocycles. The quantitative estimate of drug-likeness (QED) is 0.395. The number of aromatic nitrogens is 1. The number of allylic oxidation sites excluding steroid dienone is 1. The van der Waals surface area contributed by atoms with Crippen LogP contribution in [0.4, 0.5) is 5.69 Å². The molecule has 30 heavy (non-hydrogen) atoms. The minimum absolute atomic E-state index is 0.460. The molecular formula is C24H19N3O2S. The van der Waals surface area contributed by atoms with Crippen LogP contribution in [-0.2, 0) is 0 Å². The second-order valence-electron chi connectivity index (χ2n) is 6.45. The molecule has 1 aromatic heterocycles. The van der Waals surface area contributed by atoms with Gasteiger partial charge in [0.1, 0.15) is 16.6 Å². The zero-order valence-electron chi connectivity index (χ0n) is 16.5. The lowest BCUT2D eigenvalue weighted by Crippen LogP contribution is -1.94. The van der Waals surface area contributed by atoms with E-state index in [4.69, 9.17) is 14.5 Å². The monoisotopic (exact) mass is 413 g/mol. The number of thiazole rings is 1. The van der Waals surface area contributed by atoms with Crippen molar-refractivity contribution in [2.24, 2.45) is 0 Å². The Morgan fingerprint density at radius 3 is 2.63 bits per heavy atom. The maximum Gasteiger partial charge on any atom is 0.162 e. The lowest BCUT2D eigenvalue weighted by Gasteiger charge is -2.09. The van der Waals surface area contributed by atoms with E-state index in [9.17, 15) is 5.26 Å². The van der Waals surface area contributed by atoms with Gasteiger partial charge in [0.25, 0.3) is 0 Å². The number of benzene rings is 3. The molecule has 0 unspecified atom stereocenters. The van der Waals surface area contributed by atoms with Crippen LogP contribution in [0, 0.1) is 11.3 Å². The predicted octanol–water partition coefficient (Wildman–Crippen LogP) is 5.96. The van der Waals surface area contributed by atoms with E-state index in [1.165, 1.54) is 11.3 Å². The Labute approximate surface area is 178 Å². The first-order valence-electron chi connectivity index (χ1n) is 9.26. The van der Waals surface area contributed by atoms with Crippen molar-refractivity contribution in [1.82, 2.24) is 4.98 Å². The Kier molecular flexibility index (Phi) is 5.64. The zero-order valence-corrected chi connectivity index (χ0v) is 17.4. The Morgan fingerprint density at radius 2 is 1.83 bits per heavy atom. The zero-order chi connectivity index (χ0) is 20.9. The van der Waals surface area contributed by atoms with Gasteiger partial charge in [0.05, 0.1) is 19.9 Å². The Hall–Kier alpha value is -3.82. The van der Waals surface area contributed by atoms with Crippen molar-refractivity contribution in [3.05, 3.63) is 77.3 Å². The summed E-state index contributed by atoms with van der Waals surface area (Å²) < 4.78 is 10.6. The normalized spacial score (nSPS) is 11.2. The number of nitriles is 1. The van der Waals surface area contributed by atoms with E-state index in [0.29, 0.717) is 22.1 Å². The van der Waals surface area contributed by atoms with Crippen LogP contribution in [0.15, 0.2) is 72.2 Å². The standard InChI is InChI=1S/C24H19N3O2S/c1-28-22-11-10-18(12-23(22)29-2)26-14-17(13-25)24-27-21(15-30-24)20-9-5-7-16-6-3-4-8-19(16)20/h3-12,14-15,26H,1-2H3. The van der Waals surface area contributed by atoms with Crippen molar-refractivity contribution in [2.75, 3.05) is 19.5 Å². The largest absolute Gasteiger partial charge is 0.493 e. The van der Waals surface area contributed by atoms with Crippen molar-refractivity contribution in [2.45, 2.75) is 0 Å². The summed E-state index contributed by atoms with van der Waals surface area (Å²) in [4.78, 5) is 4.72. The van der Waals surface area contributed by atoms with Crippen LogP contribution in [0.2, 0.25) is 0 Å². The summed E-state index contributed by atoms with van der Waals surface area (Å²) in [5.41, 5.74) is 3.16. The number of methoxy groups -OCH3 is 2. The van der Waals surface area contributed by atoms with Gasteiger partial charge in [0.2, 0.25) is 0 Å². The van der Waals surface area contributed by atoms with Gasteiger partial charge in [0, 0.05) is 28.9 Å². The highest BCUT2D eigenvalue weighted by molar-refractivity contribution is 7.11. The first kappa shape index (κ1) is 19.5. The average Bonchev–Trinajstić information content (AvgIpc) is 3.28. The first-order valence-corrected chi connectivity index (χ1v) is 10.1. The molecule has 0 aliphatic rings. The number of ether oxygens (including phenoxy) is 2. The van der Waals surface area contributed by atoms with Gasteiger partial charge in [-0.05, 0) is 22.9 Å². The van der Waals surface area contributed by atoms with Crippen molar-refractivity contribution < 1.29 is 9.47 Å². The van der Waals surface area contributed by atoms with Crippen LogP contribution in [0.5, 0.6) is 11.5 Å². The van der Waals surface area contributed by atoms with Crippen LogP contribution in [0.25, 0.3) is 27.6 Å². The van der Waals surface area contributed by atoms with E-state index in [0.717, 1.165) is 27.7 Å². The number of nitrogens with one attached hydrogen (secondary N) is 1. The Bertz CT molecular complexity index is 1270. The Balaban J connectivity index is 1.62. The maximum absolute atomic E-state index is 9.66. The fourth-order valence-corrected chi connectivity index (χ4v) is 3.98. The number of rotatable bonds is 6. The Morgan fingerprint density at radius 1 is 1.03 bits per heavy atom. The summed E-state index contributed by atoms with van der Waals surface area (Å²) in [6.45, 7) is 0. The van der Waals surface area contributed by atoms with Crippen LogP contribution in [-0.4, -0.2) is 19.2 Å². The van der Waals surface area contributed by atoms with E-state index in [1.807, 2.05) is 41.8 Å². The fourth-order valence-electron chi connectivity index (χ4n) is 3.19. The maximum atomic E-state index is 9.66. The molecule has 0 bridgehead atoms. The topological polar surface area (TPSA) is 67.2 Å². The van der Waals surface area contributed by atoms with Gasteiger partial charge < -0.3 is 14.8 Å². The predicted molar refractivity (Wildman–Crippen MR) is 122 cm³/mol. The highest BCUT2D eigenvalue weighted by Crippen LogP contribution is 2.32. The molecule has 6 heteroatoms. The van der Waals surface area contributed by atoms with Crippen LogP contribution >= 0.6 is 11.3 Å². The number of nitrogens with zero attached hydrogens (tertiary/aromatic N) is 2. The summed E-state index contributed by atoms with van der Waals surface area (Å²) in [7, 11) is 3.18. The van der Waals surface area contributed by atoms with Gasteiger partial charge in [-0.3, -0.25) is 0 Å². The molecule has 1 N–H and O–H groups in total. The third-order valence-corrected chi connectivity index (χ3v) is 5.56. The van der Waals surface area contributed by atoms with E-state index in [2.05, 4.69) is 35.7 Å². The van der Waals surface area contributed by atoms with Crippen molar-refractivity contribution >= 4 is 33.4 Å². The summed E-state index contributed by atoms with van der Waals surface area (Å²) in [6, 6.07) is 22.1. The molecule has 1 heterocycles. The third kappa shape index (κ3) is 3.84. The first-order chi connectivity index (χ1) is 14.7. The van der Waals surface area contributed by atoms with Crippen molar-refractivity contribution in [1.29, 1.82) is 5.26 Å². The lowest BCUT2D eigenvalue weighted by molar-refractivity contribution is 0.355. The lowest BCUT2D eigenvalue weighted by atomic mass is 10.0. The van der Waals surface area contributed by atoms with Gasteiger partial charge in [-0.2, -0.15) is 5.26 Å². The van der Waals surface area contributed by atoms with Crippen LogP contribution in [0.1, 0.15) is 5.01 Å². The van der Waals surface area contributed by atoms with E-state index in [-0.39, 0.29) is 0 Å². The van der Waals surface area contributed by atoms with Crippen LogP contribution < -0.4 is 14.8 Å². The molecule has 0 radical (unpaired) electrons. The molecule has 0 saturated heterocycles. The van der Waals surface area contributed by atoms with Gasteiger partial charge in [-0.15, -0.1) is 11.3 Å². The molecule has 0 atom stereocenters. The molecule has 3 aromatic carbocycles. The van der Waals surface area contributed by atoms with Gasteiger partial charge >= 0.3 is 0 Å². The molecule has 4 rings (SSSR count). The summed E-state index contributed by atoms with van der Waals surface area (Å²) >= 11 is 1.45. The van der Waals surface area contributed by atoms with Crippen molar-refractivity contribution in [3.8, 4) is 28.8 Å². The van der Waals surface area contributed by atoms with E-state index in [1.54, 1.807) is 20.4 Å². The molecule has 0 aliphatic carbocycles. The number of hydrogen-bond acceptors (Lipinski definition) is 6. The molecule has 0 fully saturated rings. The van der Waals surface area contributed by atoms with Gasteiger partial charge in [-0.1, -0.05) is 42.5 Å². The molecule has 0 spiro atoms. The SMILES string of the molecule is COc1ccc(NC=C(C#N)c2nc(-c3cccc4ccccc34)cs2)cc1OC. The molecule has 0 aliphatic heterocycles. The van der Waals surface area contributed by atoms with Crippen molar-refractivity contribution in [3.63, 3.8) is 0 Å². The summed E-state index contributed by atoms with van der Waals surface area (Å²) in [5.74, 6) is 1.26. The third-order valence-electron chi connectivity index (χ3n) is 4.69. The number of anilines is 1. The molecule has 5 nitrogen and oxygen atoms in total. The molecule has 4 aromatic rings. The van der Waals surface area contributed by atoms with E-state index >= 15 is 0 Å². The van der Waals surface area contributed by atoms with Gasteiger partial charge in [0.15, 0.2) is 11.5 Å². The summed E-state index contributed by atoms with van der Waals surface area (Å²) in [5, 5.41) is 17.8. The van der Waals surface area contributed by atoms with Crippen LogP contribution in [0.3, 0.4) is 0 Å². The highest BCUT2D eigenvalue weighted by atomic mass is 32.1. The van der Waals surface area contributed by atoms with Gasteiger partial charge in [-0.25, -0.2) is 4.98 Å². The second kappa shape index (κ2) is 8.68. The minimum atomic E-state index is 0.460. The van der Waals surface area contributed by atoms with E-state index < -0.39 is 0 Å². The second-order valence-corrected chi connectivity index (χ2v) is 7.31. The molecular weight excluding hydrogens is 394 g/mol.